The maximum Gasteiger partial charge on any atom is 0.335 e. The average Bonchev–Trinajstić information content (AvgIpc) is 3.38. The number of hydrogen-bond acceptors (Lipinski definition) is 8. The molecule has 0 radical (unpaired) electrons. The van der Waals surface area contributed by atoms with Gasteiger partial charge in [0.25, 0.3) is 0 Å². The monoisotopic (exact) mass is 610 g/mol. The van der Waals surface area contributed by atoms with Crippen LogP contribution in [-0.2, 0) is 38.7 Å². The summed E-state index contributed by atoms with van der Waals surface area (Å²) in [7, 11) is 1.35. The number of nitrogens with zero attached hydrogens (tertiary/aromatic N) is 2. The molecule has 0 bridgehead atoms. The fraction of sp³-hybridized carbons (Fsp3) is 0.229. The van der Waals surface area contributed by atoms with Gasteiger partial charge in [-0.3, -0.25) is 9.36 Å². The van der Waals surface area contributed by atoms with Gasteiger partial charge in [-0.1, -0.05) is 95.4 Å². The molecule has 44 heavy (non-hydrogen) atoms. The van der Waals surface area contributed by atoms with Gasteiger partial charge in [0.1, 0.15) is 24.7 Å². The van der Waals surface area contributed by atoms with Gasteiger partial charge in [0.2, 0.25) is 0 Å². The van der Waals surface area contributed by atoms with E-state index in [-0.39, 0.29) is 4.87 Å². The van der Waals surface area contributed by atoms with Gasteiger partial charge in [-0.2, -0.15) is 0 Å². The summed E-state index contributed by atoms with van der Waals surface area (Å²) in [5.74, 6) is 0.279. The van der Waals surface area contributed by atoms with Gasteiger partial charge in [-0.15, -0.1) is 0 Å². The van der Waals surface area contributed by atoms with Gasteiger partial charge in [0.15, 0.2) is 6.10 Å². The number of aromatic nitrogens is 1. The lowest BCUT2D eigenvalue weighted by Crippen LogP contribution is -2.28. The zero-order chi connectivity index (χ0) is 30.7. The maximum absolute atomic E-state index is 13.0. The molecule has 0 amide bonds. The average molecular weight is 611 g/mol. The summed E-state index contributed by atoms with van der Waals surface area (Å²) in [4.78, 5) is 30.6. The molecule has 0 N–H and O–H groups in total. The van der Waals surface area contributed by atoms with Crippen molar-refractivity contribution in [1.82, 2.24) is 4.57 Å². The van der Waals surface area contributed by atoms with Crippen molar-refractivity contribution in [3.05, 3.63) is 135 Å². The predicted octanol–water partition coefficient (Wildman–Crippen LogP) is 6.23. The summed E-state index contributed by atoms with van der Waals surface area (Å²) >= 11 is 1.19. The summed E-state index contributed by atoms with van der Waals surface area (Å²) in [6.07, 6.45) is -0.234. The van der Waals surface area contributed by atoms with E-state index in [0.29, 0.717) is 44.2 Å². The summed E-state index contributed by atoms with van der Waals surface area (Å²) in [5, 5.41) is 4.51. The predicted molar refractivity (Wildman–Crippen MR) is 172 cm³/mol. The van der Waals surface area contributed by atoms with Crippen molar-refractivity contribution in [3.8, 4) is 5.75 Å². The Kier molecular flexibility index (Phi) is 10.6. The van der Waals surface area contributed by atoms with E-state index in [4.69, 9.17) is 19.0 Å². The third kappa shape index (κ3) is 7.80. The highest BCUT2D eigenvalue weighted by atomic mass is 32.1. The van der Waals surface area contributed by atoms with E-state index in [2.05, 4.69) is 5.16 Å². The Labute approximate surface area is 260 Å². The Morgan fingerprint density at radius 2 is 1.61 bits per heavy atom. The van der Waals surface area contributed by atoms with Crippen LogP contribution in [0.4, 0.5) is 0 Å². The molecule has 5 rings (SSSR count). The van der Waals surface area contributed by atoms with Crippen molar-refractivity contribution >= 4 is 33.2 Å². The van der Waals surface area contributed by atoms with E-state index >= 15 is 0 Å². The second-order valence-electron chi connectivity index (χ2n) is 9.93. The number of carbonyl (C=O) groups is 1. The topological polar surface area (TPSA) is 88.4 Å². The number of rotatable bonds is 14. The molecule has 0 saturated carbocycles. The fourth-order valence-electron chi connectivity index (χ4n) is 4.77. The first-order chi connectivity index (χ1) is 21.6. The minimum absolute atomic E-state index is 0.0561. The van der Waals surface area contributed by atoms with Crippen LogP contribution in [0.15, 0.2) is 113 Å². The van der Waals surface area contributed by atoms with Gasteiger partial charge >= 0.3 is 10.8 Å². The summed E-state index contributed by atoms with van der Waals surface area (Å²) in [6.45, 7) is 3.33. The lowest BCUT2D eigenvalue weighted by atomic mass is 10.0. The molecule has 0 saturated heterocycles. The molecule has 1 heterocycles. The van der Waals surface area contributed by atoms with Crippen molar-refractivity contribution in [2.75, 3.05) is 20.3 Å². The van der Waals surface area contributed by atoms with Crippen LogP contribution < -0.4 is 9.61 Å². The van der Waals surface area contributed by atoms with Gasteiger partial charge in [0.05, 0.1) is 23.9 Å². The van der Waals surface area contributed by atoms with Crippen LogP contribution in [0.1, 0.15) is 29.2 Å². The third-order valence-electron chi connectivity index (χ3n) is 6.98. The third-order valence-corrected chi connectivity index (χ3v) is 7.92. The zero-order valence-electron chi connectivity index (χ0n) is 24.7. The number of carbonyl (C=O) groups excluding carboxylic acids is 1. The minimum Gasteiger partial charge on any atom is -0.492 e. The molecule has 0 aliphatic carbocycles. The standard InChI is InChI=1S/C35H34N2O6S/c1-3-41-31(34(38)40-2)22-25-14-17-29(18-15-25)42-21-20-37-30-19-16-28(23-32(30)44-35(37)39)33(27-12-8-5-9-13-27)36-43-24-26-10-6-4-7-11-26/h4-19,23,31H,3,20-22,24H2,1-2H3. The molecule has 1 aromatic heterocycles. The molecular weight excluding hydrogens is 576 g/mol. The zero-order valence-corrected chi connectivity index (χ0v) is 25.5. The van der Waals surface area contributed by atoms with Crippen molar-refractivity contribution in [2.45, 2.75) is 32.6 Å². The van der Waals surface area contributed by atoms with E-state index in [1.807, 2.05) is 110 Å². The van der Waals surface area contributed by atoms with E-state index < -0.39 is 12.1 Å². The summed E-state index contributed by atoms with van der Waals surface area (Å²) in [6, 6.07) is 33.1. The quantitative estimate of drug-likeness (QED) is 0.0842. The molecule has 0 spiro atoms. The highest BCUT2D eigenvalue weighted by Crippen LogP contribution is 2.22. The number of thiazole rings is 1. The van der Waals surface area contributed by atoms with Crippen molar-refractivity contribution in [1.29, 1.82) is 0 Å². The van der Waals surface area contributed by atoms with Crippen LogP contribution in [0, 0.1) is 0 Å². The van der Waals surface area contributed by atoms with Crippen molar-refractivity contribution in [2.24, 2.45) is 5.16 Å². The largest absolute Gasteiger partial charge is 0.492 e. The highest BCUT2D eigenvalue weighted by Gasteiger charge is 2.20. The number of hydrogen-bond donors (Lipinski definition) is 0. The molecule has 4 aromatic carbocycles. The van der Waals surface area contributed by atoms with E-state index in [1.165, 1.54) is 18.4 Å². The van der Waals surface area contributed by atoms with Gasteiger partial charge in [0, 0.05) is 24.2 Å². The Morgan fingerprint density at radius 1 is 0.886 bits per heavy atom. The molecule has 0 aliphatic rings. The fourth-order valence-corrected chi connectivity index (χ4v) is 5.73. The molecule has 9 heteroatoms. The Hall–Kier alpha value is -4.73. The maximum atomic E-state index is 13.0. The molecule has 0 fully saturated rings. The van der Waals surface area contributed by atoms with Crippen molar-refractivity contribution in [3.63, 3.8) is 0 Å². The first-order valence-electron chi connectivity index (χ1n) is 14.4. The Morgan fingerprint density at radius 3 is 2.32 bits per heavy atom. The van der Waals surface area contributed by atoms with E-state index in [9.17, 15) is 9.59 Å². The van der Waals surface area contributed by atoms with Crippen LogP contribution in [0.25, 0.3) is 10.2 Å². The highest BCUT2D eigenvalue weighted by molar-refractivity contribution is 7.16. The van der Waals surface area contributed by atoms with E-state index in [0.717, 1.165) is 32.5 Å². The molecule has 5 aromatic rings. The van der Waals surface area contributed by atoms with Crippen LogP contribution >= 0.6 is 11.3 Å². The number of ether oxygens (including phenoxy) is 3. The first kappa shape index (κ1) is 30.7. The summed E-state index contributed by atoms with van der Waals surface area (Å²) < 4.78 is 18.9. The van der Waals surface area contributed by atoms with Crippen LogP contribution in [0.5, 0.6) is 5.75 Å². The lowest BCUT2D eigenvalue weighted by Gasteiger charge is -2.15. The lowest BCUT2D eigenvalue weighted by molar-refractivity contribution is -0.153. The van der Waals surface area contributed by atoms with Crippen LogP contribution in [-0.4, -0.2) is 42.7 Å². The molecule has 0 aliphatic heterocycles. The number of benzene rings is 4. The first-order valence-corrected chi connectivity index (χ1v) is 15.2. The van der Waals surface area contributed by atoms with Gasteiger partial charge in [-0.25, -0.2) is 4.79 Å². The SMILES string of the molecule is CCOC(Cc1ccc(OCCn2c(=O)sc3cc(C(=NOCc4ccccc4)c4ccccc4)ccc32)cc1)C(=O)OC. The van der Waals surface area contributed by atoms with Crippen LogP contribution in [0.3, 0.4) is 0 Å². The number of fused-ring (bicyclic) bond motifs is 1. The minimum atomic E-state index is -0.645. The molecule has 1 atom stereocenters. The Balaban J connectivity index is 1.26. The normalized spacial score (nSPS) is 12.2. The van der Waals surface area contributed by atoms with Gasteiger partial charge < -0.3 is 19.0 Å². The second kappa shape index (κ2) is 15.1. The van der Waals surface area contributed by atoms with Crippen LogP contribution in [0.2, 0.25) is 0 Å². The smallest absolute Gasteiger partial charge is 0.335 e. The summed E-state index contributed by atoms with van der Waals surface area (Å²) in [5.41, 5.74) is 5.28. The number of esters is 1. The second-order valence-corrected chi connectivity index (χ2v) is 10.9. The molecule has 1 unspecified atom stereocenters. The van der Waals surface area contributed by atoms with E-state index in [1.54, 1.807) is 4.57 Å². The molecule has 8 nitrogen and oxygen atoms in total. The Bertz CT molecular complexity index is 1750. The molecule has 226 valence electrons. The number of methoxy groups -OCH3 is 1. The number of oxime groups is 1. The van der Waals surface area contributed by atoms with Crippen molar-refractivity contribution < 1.29 is 23.8 Å². The van der Waals surface area contributed by atoms with Gasteiger partial charge in [-0.05, 0) is 42.3 Å². The molecular formula is C35H34N2O6S.